The van der Waals surface area contributed by atoms with Crippen LogP contribution in [-0.2, 0) is 12.1 Å². The van der Waals surface area contributed by atoms with Gasteiger partial charge in [0.25, 0.3) is 0 Å². The third-order valence-corrected chi connectivity index (χ3v) is 2.94. The van der Waals surface area contributed by atoms with E-state index in [1.165, 1.54) is 0 Å². The number of aromatic amines is 1. The molecule has 100 valence electrons. The number of rotatable bonds is 4. The maximum atomic E-state index is 10.6. The Morgan fingerprint density at radius 2 is 2.15 bits per heavy atom. The fourth-order valence-electron chi connectivity index (χ4n) is 1.86. The molecular formula is C12H11N7O. The lowest BCUT2D eigenvalue weighted by atomic mass is 9.90. The molecule has 1 unspecified atom stereocenters. The van der Waals surface area contributed by atoms with Gasteiger partial charge in [0.1, 0.15) is 11.3 Å². The summed E-state index contributed by atoms with van der Waals surface area (Å²) < 4.78 is 0. The lowest BCUT2D eigenvalue weighted by molar-refractivity contribution is 0.0963. The van der Waals surface area contributed by atoms with E-state index in [1.54, 1.807) is 31.2 Å². The van der Waals surface area contributed by atoms with Crippen LogP contribution in [0.3, 0.4) is 0 Å². The molecule has 2 aromatic rings. The molecule has 0 aliphatic heterocycles. The number of azide groups is 1. The summed E-state index contributed by atoms with van der Waals surface area (Å²) in [6.45, 7) is 1.56. The minimum atomic E-state index is -1.40. The average Bonchev–Trinajstić information content (AvgIpc) is 2.94. The number of H-pyrrole nitrogens is 1. The van der Waals surface area contributed by atoms with Crippen LogP contribution in [0.4, 0.5) is 0 Å². The summed E-state index contributed by atoms with van der Waals surface area (Å²) in [6.07, 6.45) is 0. The lowest BCUT2D eigenvalue weighted by Crippen LogP contribution is -2.25. The van der Waals surface area contributed by atoms with E-state index >= 15 is 0 Å². The first-order valence-electron chi connectivity index (χ1n) is 5.73. The monoisotopic (exact) mass is 269 g/mol. The molecule has 1 atom stereocenters. The smallest absolute Gasteiger partial charge is 0.132 e. The van der Waals surface area contributed by atoms with Crippen molar-refractivity contribution in [2.75, 3.05) is 0 Å². The summed E-state index contributed by atoms with van der Waals surface area (Å²) in [4.78, 5) is 2.65. The molecule has 20 heavy (non-hydrogen) atoms. The van der Waals surface area contributed by atoms with Crippen LogP contribution in [-0.4, -0.2) is 20.5 Å². The van der Waals surface area contributed by atoms with Crippen LogP contribution in [0.2, 0.25) is 0 Å². The van der Waals surface area contributed by atoms with Crippen molar-refractivity contribution in [1.82, 2.24) is 15.4 Å². The predicted octanol–water partition coefficient (Wildman–Crippen LogP) is 1.74. The number of hydrogen-bond acceptors (Lipinski definition) is 5. The van der Waals surface area contributed by atoms with Crippen molar-refractivity contribution in [3.63, 3.8) is 0 Å². The third-order valence-electron chi connectivity index (χ3n) is 2.94. The minimum Gasteiger partial charge on any atom is -0.379 e. The van der Waals surface area contributed by atoms with Crippen molar-refractivity contribution in [3.8, 4) is 6.07 Å². The molecule has 0 saturated heterocycles. The van der Waals surface area contributed by atoms with E-state index in [0.29, 0.717) is 16.8 Å². The highest BCUT2D eigenvalue weighted by molar-refractivity contribution is 5.38. The van der Waals surface area contributed by atoms with Gasteiger partial charge < -0.3 is 5.11 Å². The van der Waals surface area contributed by atoms with Gasteiger partial charge >= 0.3 is 0 Å². The molecule has 0 radical (unpaired) electrons. The van der Waals surface area contributed by atoms with E-state index in [0.717, 1.165) is 0 Å². The largest absolute Gasteiger partial charge is 0.379 e. The highest BCUT2D eigenvalue weighted by atomic mass is 16.3. The van der Waals surface area contributed by atoms with Gasteiger partial charge in [-0.25, -0.2) is 0 Å². The summed E-state index contributed by atoms with van der Waals surface area (Å²) in [7, 11) is 0. The summed E-state index contributed by atoms with van der Waals surface area (Å²) in [5, 5.41) is 33.0. The maximum Gasteiger partial charge on any atom is 0.132 e. The summed E-state index contributed by atoms with van der Waals surface area (Å²) in [5.74, 6) is 0. The van der Waals surface area contributed by atoms with E-state index in [9.17, 15) is 5.11 Å². The zero-order valence-corrected chi connectivity index (χ0v) is 10.6. The Labute approximate surface area is 114 Å². The van der Waals surface area contributed by atoms with Gasteiger partial charge in [0, 0.05) is 4.91 Å². The highest BCUT2D eigenvalue weighted by Gasteiger charge is 2.31. The van der Waals surface area contributed by atoms with Gasteiger partial charge in [0.2, 0.25) is 0 Å². The standard InChI is InChI=1S/C12H11N7O/c1-12(20,9-4-2-8(6-13)3-5-9)11-10(7-15-18-14)16-19-17-11/h2-5,20H,7H2,1H3,(H,16,17,19). The molecule has 0 bridgehead atoms. The van der Waals surface area contributed by atoms with Crippen molar-refractivity contribution in [2.24, 2.45) is 5.11 Å². The molecule has 2 N–H and O–H groups in total. The molecule has 0 fully saturated rings. The SMILES string of the molecule is CC(O)(c1ccc(C#N)cc1)c1n[nH]nc1CN=[N+]=[N-]. The van der Waals surface area contributed by atoms with E-state index in [1.807, 2.05) is 6.07 Å². The molecule has 2 rings (SSSR count). The summed E-state index contributed by atoms with van der Waals surface area (Å²) >= 11 is 0. The van der Waals surface area contributed by atoms with Gasteiger partial charge in [0.15, 0.2) is 0 Å². The summed E-state index contributed by atoms with van der Waals surface area (Å²) in [6, 6.07) is 8.51. The Kier molecular flexibility index (Phi) is 3.66. The van der Waals surface area contributed by atoms with Crippen LogP contribution in [0.1, 0.15) is 29.4 Å². The molecule has 8 heteroatoms. The first-order valence-corrected chi connectivity index (χ1v) is 5.73. The number of aliphatic hydroxyl groups is 1. The Morgan fingerprint density at radius 1 is 1.45 bits per heavy atom. The predicted molar refractivity (Wildman–Crippen MR) is 69.1 cm³/mol. The number of nitriles is 1. The third kappa shape index (κ3) is 2.44. The van der Waals surface area contributed by atoms with Gasteiger partial charge in [-0.05, 0) is 30.2 Å². The van der Waals surface area contributed by atoms with Crippen LogP contribution in [0.25, 0.3) is 10.4 Å². The molecule has 1 aromatic heterocycles. The number of hydrogen-bond donors (Lipinski definition) is 2. The number of benzene rings is 1. The van der Waals surface area contributed by atoms with E-state index in [2.05, 4.69) is 25.4 Å². The second kappa shape index (κ2) is 5.40. The quantitative estimate of drug-likeness (QED) is 0.496. The highest BCUT2D eigenvalue weighted by Crippen LogP contribution is 2.29. The van der Waals surface area contributed by atoms with Crippen molar-refractivity contribution < 1.29 is 5.11 Å². The fourth-order valence-corrected chi connectivity index (χ4v) is 1.86. The molecule has 0 amide bonds. The Hall–Kier alpha value is -2.88. The van der Waals surface area contributed by atoms with Crippen molar-refractivity contribution in [2.45, 2.75) is 19.1 Å². The average molecular weight is 269 g/mol. The van der Waals surface area contributed by atoms with Crippen LogP contribution in [0.5, 0.6) is 0 Å². The van der Waals surface area contributed by atoms with E-state index in [-0.39, 0.29) is 12.2 Å². The molecule has 8 nitrogen and oxygen atoms in total. The minimum absolute atomic E-state index is 0.00520. The van der Waals surface area contributed by atoms with Gasteiger partial charge in [-0.2, -0.15) is 20.7 Å². The fraction of sp³-hybridized carbons (Fsp3) is 0.250. The lowest BCUT2D eigenvalue weighted by Gasteiger charge is -2.22. The Morgan fingerprint density at radius 3 is 2.75 bits per heavy atom. The number of nitrogens with one attached hydrogen (secondary N) is 1. The molecule has 1 heterocycles. The van der Waals surface area contributed by atoms with Gasteiger partial charge in [-0.15, -0.1) is 0 Å². The second-order valence-corrected chi connectivity index (χ2v) is 4.27. The molecule has 1 aromatic carbocycles. The van der Waals surface area contributed by atoms with Crippen molar-refractivity contribution >= 4 is 0 Å². The zero-order chi connectivity index (χ0) is 14.6. The normalized spacial score (nSPS) is 13.1. The first kappa shape index (κ1) is 13.5. The maximum absolute atomic E-state index is 10.6. The van der Waals surface area contributed by atoms with Gasteiger partial charge in [-0.3, -0.25) is 0 Å². The van der Waals surface area contributed by atoms with Crippen LogP contribution < -0.4 is 0 Å². The molecule has 0 saturated carbocycles. The van der Waals surface area contributed by atoms with E-state index in [4.69, 9.17) is 10.8 Å². The topological polar surface area (TPSA) is 134 Å². The molecule has 0 aliphatic carbocycles. The molecule has 0 aliphatic rings. The van der Waals surface area contributed by atoms with Crippen LogP contribution in [0, 0.1) is 11.3 Å². The first-order chi connectivity index (χ1) is 9.59. The zero-order valence-electron chi connectivity index (χ0n) is 10.6. The van der Waals surface area contributed by atoms with Crippen molar-refractivity contribution in [1.29, 1.82) is 5.26 Å². The van der Waals surface area contributed by atoms with Gasteiger partial charge in [0.05, 0.1) is 23.9 Å². The Bertz CT molecular complexity index is 689. The van der Waals surface area contributed by atoms with Crippen LogP contribution in [0.15, 0.2) is 29.4 Å². The number of nitrogens with zero attached hydrogens (tertiary/aromatic N) is 6. The summed E-state index contributed by atoms with van der Waals surface area (Å²) in [5.41, 5.74) is 8.66. The van der Waals surface area contributed by atoms with Crippen LogP contribution >= 0.6 is 0 Å². The van der Waals surface area contributed by atoms with Crippen molar-refractivity contribution in [3.05, 3.63) is 57.2 Å². The van der Waals surface area contributed by atoms with Gasteiger partial charge in [-0.1, -0.05) is 17.2 Å². The second-order valence-electron chi connectivity index (χ2n) is 4.27. The molecular weight excluding hydrogens is 258 g/mol. The number of aromatic nitrogens is 3. The Balaban J connectivity index is 2.40. The molecule has 0 spiro atoms. The van der Waals surface area contributed by atoms with E-state index < -0.39 is 5.60 Å².